The molecule has 0 spiro atoms. The maximum Gasteiger partial charge on any atom is 0.272 e. The Morgan fingerprint density at radius 1 is 1.17 bits per heavy atom. The maximum absolute atomic E-state index is 13.0. The van der Waals surface area contributed by atoms with Crippen molar-refractivity contribution < 1.29 is 13.9 Å². The molecule has 1 amide bonds. The summed E-state index contributed by atoms with van der Waals surface area (Å²) >= 11 is 9.52. The van der Waals surface area contributed by atoms with Gasteiger partial charge in [0.05, 0.1) is 16.8 Å². The third kappa shape index (κ3) is 5.89. The van der Waals surface area contributed by atoms with E-state index in [1.807, 2.05) is 19.1 Å². The number of carbonyl (C=O) groups excluding carboxylic acids is 1. The van der Waals surface area contributed by atoms with Crippen LogP contribution in [0.15, 0.2) is 70.2 Å². The van der Waals surface area contributed by atoms with Gasteiger partial charge in [-0.05, 0) is 60.5 Å². The lowest BCUT2D eigenvalue weighted by molar-refractivity contribution is 0.0955. The number of nitrogens with zero attached hydrogens (tertiary/aromatic N) is 1. The van der Waals surface area contributed by atoms with Crippen LogP contribution >= 0.6 is 27.5 Å². The van der Waals surface area contributed by atoms with E-state index >= 15 is 0 Å². The minimum Gasteiger partial charge on any atom is -0.488 e. The summed E-state index contributed by atoms with van der Waals surface area (Å²) in [6.07, 6.45) is 1.49. The van der Waals surface area contributed by atoms with E-state index in [-0.39, 0.29) is 12.4 Å². The van der Waals surface area contributed by atoms with E-state index in [0.717, 1.165) is 15.6 Å². The molecule has 4 nitrogen and oxygen atoms in total. The second-order valence-corrected chi connectivity index (χ2v) is 7.60. The van der Waals surface area contributed by atoms with Crippen LogP contribution in [0, 0.1) is 12.7 Å². The number of hydrazone groups is 1. The lowest BCUT2D eigenvalue weighted by atomic mass is 10.1. The van der Waals surface area contributed by atoms with E-state index in [1.54, 1.807) is 36.4 Å². The van der Waals surface area contributed by atoms with Gasteiger partial charge in [0.25, 0.3) is 5.91 Å². The predicted molar refractivity (Wildman–Crippen MR) is 116 cm³/mol. The number of rotatable bonds is 6. The van der Waals surface area contributed by atoms with Gasteiger partial charge in [-0.3, -0.25) is 4.79 Å². The number of nitrogens with one attached hydrogen (secondary N) is 1. The van der Waals surface area contributed by atoms with Crippen molar-refractivity contribution in [3.63, 3.8) is 0 Å². The quantitative estimate of drug-likeness (QED) is 0.357. The molecule has 148 valence electrons. The van der Waals surface area contributed by atoms with Crippen molar-refractivity contribution in [2.24, 2.45) is 5.10 Å². The minimum atomic E-state index is -0.407. The van der Waals surface area contributed by atoms with Gasteiger partial charge in [-0.1, -0.05) is 45.7 Å². The third-order valence-electron chi connectivity index (χ3n) is 4.02. The van der Waals surface area contributed by atoms with Crippen LogP contribution in [0.1, 0.15) is 27.0 Å². The van der Waals surface area contributed by atoms with E-state index in [9.17, 15) is 9.18 Å². The first-order valence-corrected chi connectivity index (χ1v) is 9.86. The Kier molecular flexibility index (Phi) is 7.01. The first-order chi connectivity index (χ1) is 13.9. The number of aryl methyl sites for hydroxylation is 1. The Bertz CT molecular complexity index is 1060. The zero-order chi connectivity index (χ0) is 20.8. The van der Waals surface area contributed by atoms with Gasteiger partial charge < -0.3 is 4.74 Å². The van der Waals surface area contributed by atoms with Gasteiger partial charge >= 0.3 is 0 Å². The van der Waals surface area contributed by atoms with Gasteiger partial charge in [0.1, 0.15) is 18.2 Å². The fraction of sp³-hybridized carbons (Fsp3) is 0.0909. The Morgan fingerprint density at radius 2 is 1.93 bits per heavy atom. The summed E-state index contributed by atoms with van der Waals surface area (Å²) in [5, 5.41) is 4.38. The van der Waals surface area contributed by atoms with E-state index in [0.29, 0.717) is 21.9 Å². The first kappa shape index (κ1) is 21.0. The molecule has 0 radical (unpaired) electrons. The number of halogens is 3. The summed E-state index contributed by atoms with van der Waals surface area (Å²) in [4.78, 5) is 12.3. The van der Waals surface area contributed by atoms with Gasteiger partial charge in [-0.25, -0.2) is 9.82 Å². The Morgan fingerprint density at radius 3 is 2.66 bits per heavy atom. The summed E-state index contributed by atoms with van der Waals surface area (Å²) in [6.45, 7) is 2.17. The highest BCUT2D eigenvalue weighted by Crippen LogP contribution is 2.23. The fourth-order valence-electron chi connectivity index (χ4n) is 2.52. The SMILES string of the molecule is Cc1ccc(C(=O)N/N=C\c2cc(Br)ccc2OCc2ccc(F)cc2)c(Cl)c1. The van der Waals surface area contributed by atoms with Crippen molar-refractivity contribution in [2.75, 3.05) is 0 Å². The van der Waals surface area contributed by atoms with Gasteiger partial charge in [-0.2, -0.15) is 5.10 Å². The summed E-state index contributed by atoms with van der Waals surface area (Å²) in [6, 6.07) is 16.7. The van der Waals surface area contributed by atoms with Crippen LogP contribution in [0.25, 0.3) is 0 Å². The standard InChI is InChI=1S/C22H17BrClFN2O2/c1-14-2-8-19(20(24)10-14)22(28)27-26-12-16-11-17(23)5-9-21(16)29-13-15-3-6-18(25)7-4-15/h2-12H,13H2,1H3,(H,27,28)/b26-12-. The molecule has 0 atom stereocenters. The zero-order valence-electron chi connectivity index (χ0n) is 15.5. The molecule has 3 aromatic carbocycles. The maximum atomic E-state index is 13.0. The van der Waals surface area contributed by atoms with Crippen LogP contribution < -0.4 is 10.2 Å². The molecule has 29 heavy (non-hydrogen) atoms. The smallest absolute Gasteiger partial charge is 0.272 e. The second-order valence-electron chi connectivity index (χ2n) is 6.28. The van der Waals surface area contributed by atoms with Crippen molar-refractivity contribution in [1.82, 2.24) is 5.43 Å². The molecule has 1 N–H and O–H groups in total. The van der Waals surface area contributed by atoms with E-state index in [4.69, 9.17) is 16.3 Å². The molecule has 7 heteroatoms. The molecule has 0 aliphatic carbocycles. The fourth-order valence-corrected chi connectivity index (χ4v) is 3.22. The summed E-state index contributed by atoms with van der Waals surface area (Å²) in [7, 11) is 0. The topological polar surface area (TPSA) is 50.7 Å². The van der Waals surface area contributed by atoms with Crippen molar-refractivity contribution in [3.8, 4) is 5.75 Å². The summed E-state index contributed by atoms with van der Waals surface area (Å²) < 4.78 is 19.7. The molecule has 0 fully saturated rings. The lowest BCUT2D eigenvalue weighted by Gasteiger charge is -2.10. The lowest BCUT2D eigenvalue weighted by Crippen LogP contribution is -2.18. The van der Waals surface area contributed by atoms with Crippen LogP contribution in [-0.4, -0.2) is 12.1 Å². The molecular weight excluding hydrogens is 459 g/mol. The van der Waals surface area contributed by atoms with Crippen LogP contribution in [0.4, 0.5) is 4.39 Å². The molecule has 3 rings (SSSR count). The van der Waals surface area contributed by atoms with Crippen LogP contribution in [-0.2, 0) is 6.61 Å². The molecule has 0 saturated carbocycles. The highest BCUT2D eigenvalue weighted by Gasteiger charge is 2.09. The van der Waals surface area contributed by atoms with E-state index < -0.39 is 5.91 Å². The largest absolute Gasteiger partial charge is 0.488 e. The van der Waals surface area contributed by atoms with Crippen molar-refractivity contribution in [3.05, 3.63) is 98.2 Å². The molecule has 0 heterocycles. The molecule has 0 aromatic heterocycles. The molecule has 0 aliphatic heterocycles. The van der Waals surface area contributed by atoms with Crippen molar-refractivity contribution in [2.45, 2.75) is 13.5 Å². The van der Waals surface area contributed by atoms with E-state index in [2.05, 4.69) is 26.5 Å². The monoisotopic (exact) mass is 474 g/mol. The van der Waals surface area contributed by atoms with Crippen molar-refractivity contribution >= 4 is 39.7 Å². The molecular formula is C22H17BrClFN2O2. The second kappa shape index (κ2) is 9.67. The highest BCUT2D eigenvalue weighted by molar-refractivity contribution is 9.10. The molecule has 0 aliphatic rings. The summed E-state index contributed by atoms with van der Waals surface area (Å²) in [5.41, 5.74) is 5.27. The molecule has 0 saturated heterocycles. The Hall–Kier alpha value is -2.70. The molecule has 0 unspecified atom stereocenters. The number of hydrogen-bond donors (Lipinski definition) is 1. The third-order valence-corrected chi connectivity index (χ3v) is 4.82. The van der Waals surface area contributed by atoms with Gasteiger partial charge in [0.2, 0.25) is 0 Å². The van der Waals surface area contributed by atoms with Gasteiger partial charge in [-0.15, -0.1) is 0 Å². The predicted octanol–water partition coefficient (Wildman–Crippen LogP) is 5.89. The average Bonchev–Trinajstić information content (AvgIpc) is 2.68. The summed E-state index contributed by atoms with van der Waals surface area (Å²) in [5.74, 6) is -0.131. The van der Waals surface area contributed by atoms with Crippen LogP contribution in [0.5, 0.6) is 5.75 Å². The first-order valence-electron chi connectivity index (χ1n) is 8.69. The normalized spacial score (nSPS) is 10.9. The molecule has 3 aromatic rings. The Balaban J connectivity index is 1.70. The number of carbonyl (C=O) groups is 1. The van der Waals surface area contributed by atoms with Crippen LogP contribution in [0.2, 0.25) is 5.02 Å². The number of amides is 1. The van der Waals surface area contributed by atoms with Gasteiger partial charge in [0, 0.05) is 10.0 Å². The van der Waals surface area contributed by atoms with E-state index in [1.165, 1.54) is 18.3 Å². The Labute approximate surface area is 181 Å². The average molecular weight is 476 g/mol. The van der Waals surface area contributed by atoms with Crippen molar-refractivity contribution in [1.29, 1.82) is 0 Å². The number of benzene rings is 3. The molecule has 0 bridgehead atoms. The van der Waals surface area contributed by atoms with Crippen LogP contribution in [0.3, 0.4) is 0 Å². The van der Waals surface area contributed by atoms with Gasteiger partial charge in [0.15, 0.2) is 0 Å². The highest BCUT2D eigenvalue weighted by atomic mass is 79.9. The number of ether oxygens (including phenoxy) is 1. The minimum absolute atomic E-state index is 0.272. The number of hydrogen-bond acceptors (Lipinski definition) is 3. The zero-order valence-corrected chi connectivity index (χ0v) is 17.8.